The number of anilines is 1. The van der Waals surface area contributed by atoms with E-state index in [9.17, 15) is 4.79 Å². The molecule has 0 atom stereocenters. The number of carbonyl (C=O) groups is 1. The summed E-state index contributed by atoms with van der Waals surface area (Å²) in [6, 6.07) is 10.7. The van der Waals surface area contributed by atoms with Crippen molar-refractivity contribution in [3.05, 3.63) is 58.9 Å². The minimum atomic E-state index is -0.380. The minimum Gasteiger partial charge on any atom is -0.495 e. The number of aryl methyl sites for hydroxylation is 1. The van der Waals surface area contributed by atoms with E-state index in [0.717, 1.165) is 11.3 Å². The van der Waals surface area contributed by atoms with Crippen molar-refractivity contribution in [2.45, 2.75) is 13.3 Å². The smallest absolute Gasteiger partial charge is 0.319 e. The number of hydrogen-bond acceptors (Lipinski definition) is 5. The first-order chi connectivity index (χ1) is 14.0. The zero-order chi connectivity index (χ0) is 20.8. The topological polar surface area (TPSA) is 85.6 Å². The van der Waals surface area contributed by atoms with E-state index in [1.807, 2.05) is 31.2 Å². The maximum atomic E-state index is 12.2. The fourth-order valence-corrected chi connectivity index (χ4v) is 2.91. The molecule has 0 saturated carbocycles. The Bertz CT molecular complexity index is 986. The van der Waals surface area contributed by atoms with Crippen LogP contribution in [0.1, 0.15) is 11.3 Å². The van der Waals surface area contributed by atoms with Crippen LogP contribution >= 0.6 is 11.6 Å². The molecular formula is C21H22ClN3O4. The van der Waals surface area contributed by atoms with Crippen LogP contribution in [0.5, 0.6) is 11.5 Å². The normalized spacial score (nSPS) is 10.5. The van der Waals surface area contributed by atoms with Crippen LogP contribution in [0.2, 0.25) is 5.02 Å². The van der Waals surface area contributed by atoms with E-state index in [-0.39, 0.29) is 6.03 Å². The Labute approximate surface area is 174 Å². The van der Waals surface area contributed by atoms with Crippen molar-refractivity contribution in [2.24, 2.45) is 0 Å². The number of halogens is 1. The summed E-state index contributed by atoms with van der Waals surface area (Å²) in [4.78, 5) is 16.7. The molecule has 2 N–H and O–H groups in total. The van der Waals surface area contributed by atoms with Crippen LogP contribution in [-0.4, -0.2) is 31.8 Å². The number of nitrogens with zero attached hydrogens (tertiary/aromatic N) is 1. The number of aromatic nitrogens is 1. The fourth-order valence-electron chi connectivity index (χ4n) is 2.68. The minimum absolute atomic E-state index is 0.380. The molecule has 0 radical (unpaired) electrons. The Morgan fingerprint density at radius 1 is 1.14 bits per heavy atom. The first-order valence-electron chi connectivity index (χ1n) is 8.98. The average molecular weight is 416 g/mol. The number of methoxy groups -OCH3 is 2. The van der Waals surface area contributed by atoms with Gasteiger partial charge in [0.2, 0.25) is 5.89 Å². The number of benzene rings is 2. The predicted octanol–water partition coefficient (Wildman–Crippen LogP) is 4.68. The quantitative estimate of drug-likeness (QED) is 0.585. The van der Waals surface area contributed by atoms with Gasteiger partial charge < -0.3 is 24.5 Å². The monoisotopic (exact) mass is 415 g/mol. The predicted molar refractivity (Wildman–Crippen MR) is 112 cm³/mol. The number of hydrogen-bond donors (Lipinski definition) is 2. The van der Waals surface area contributed by atoms with Gasteiger partial charge in [0.15, 0.2) is 0 Å². The van der Waals surface area contributed by atoms with Gasteiger partial charge in [-0.05, 0) is 19.1 Å². The molecule has 29 heavy (non-hydrogen) atoms. The number of amides is 2. The highest BCUT2D eigenvalue weighted by molar-refractivity contribution is 6.32. The van der Waals surface area contributed by atoms with Gasteiger partial charge in [0.05, 0.1) is 30.6 Å². The highest BCUT2D eigenvalue weighted by atomic mass is 35.5. The summed E-state index contributed by atoms with van der Waals surface area (Å²) in [6.45, 7) is 2.41. The number of nitrogens with one attached hydrogen (secondary N) is 2. The second-order valence-corrected chi connectivity index (χ2v) is 6.74. The van der Waals surface area contributed by atoms with Gasteiger partial charge in [0.1, 0.15) is 17.8 Å². The lowest BCUT2D eigenvalue weighted by Gasteiger charge is -2.13. The maximum Gasteiger partial charge on any atom is 0.319 e. The highest BCUT2D eigenvalue weighted by Gasteiger charge is 2.13. The van der Waals surface area contributed by atoms with Crippen molar-refractivity contribution in [3.63, 3.8) is 0 Å². The summed E-state index contributed by atoms with van der Waals surface area (Å²) < 4.78 is 15.9. The first-order valence-corrected chi connectivity index (χ1v) is 9.35. The lowest BCUT2D eigenvalue weighted by atomic mass is 10.1. The Kier molecular flexibility index (Phi) is 6.61. The molecule has 0 aliphatic heterocycles. The van der Waals surface area contributed by atoms with E-state index >= 15 is 0 Å². The summed E-state index contributed by atoms with van der Waals surface area (Å²) in [5.74, 6) is 1.43. The Morgan fingerprint density at radius 2 is 1.86 bits per heavy atom. The number of oxazole rings is 1. The zero-order valence-electron chi connectivity index (χ0n) is 16.4. The summed E-state index contributed by atoms with van der Waals surface area (Å²) in [7, 11) is 3.00. The molecule has 3 aromatic rings. The van der Waals surface area contributed by atoms with Crippen molar-refractivity contribution in [1.29, 1.82) is 0 Å². The Hall–Kier alpha value is -3.19. The van der Waals surface area contributed by atoms with Crippen molar-refractivity contribution >= 4 is 23.3 Å². The first kappa shape index (κ1) is 20.5. The van der Waals surface area contributed by atoms with Crippen LogP contribution in [0.25, 0.3) is 11.5 Å². The molecule has 2 amide bonds. The summed E-state index contributed by atoms with van der Waals surface area (Å²) in [5.41, 5.74) is 3.29. The number of urea groups is 1. The van der Waals surface area contributed by atoms with Crippen LogP contribution < -0.4 is 20.1 Å². The van der Waals surface area contributed by atoms with Crippen molar-refractivity contribution in [1.82, 2.24) is 10.3 Å². The molecule has 0 bridgehead atoms. The number of carbonyl (C=O) groups excluding carboxylic acids is 1. The molecule has 8 heteroatoms. The van der Waals surface area contributed by atoms with Gasteiger partial charge in [0.25, 0.3) is 0 Å². The summed E-state index contributed by atoms with van der Waals surface area (Å²) >= 11 is 6.07. The molecule has 0 aliphatic rings. The van der Waals surface area contributed by atoms with Crippen molar-refractivity contribution in [3.8, 4) is 23.0 Å². The van der Waals surface area contributed by atoms with Crippen LogP contribution in [0.4, 0.5) is 10.5 Å². The standard InChI is InChI=1S/C21H22ClN3O4/c1-13-4-6-14(7-5-13)20-24-15(12-29-20)8-9-23-21(26)25-17-11-18(27-2)16(22)10-19(17)28-3/h4-7,10-12H,8-9H2,1-3H3,(H2,23,25,26). The van der Waals surface area contributed by atoms with Crippen LogP contribution in [-0.2, 0) is 6.42 Å². The van der Waals surface area contributed by atoms with Gasteiger partial charge >= 0.3 is 6.03 Å². The van der Waals surface area contributed by atoms with E-state index in [1.165, 1.54) is 19.8 Å². The third kappa shape index (κ3) is 5.20. The fraction of sp³-hybridized carbons (Fsp3) is 0.238. The van der Waals surface area contributed by atoms with E-state index < -0.39 is 0 Å². The van der Waals surface area contributed by atoms with Gasteiger partial charge in [-0.25, -0.2) is 9.78 Å². The molecule has 0 aliphatic carbocycles. The van der Waals surface area contributed by atoms with Crippen LogP contribution in [0, 0.1) is 6.92 Å². The van der Waals surface area contributed by atoms with Gasteiger partial charge in [0, 0.05) is 30.7 Å². The van der Waals surface area contributed by atoms with E-state index in [1.54, 1.807) is 18.4 Å². The van der Waals surface area contributed by atoms with Crippen LogP contribution in [0.3, 0.4) is 0 Å². The van der Waals surface area contributed by atoms with E-state index in [4.69, 9.17) is 25.5 Å². The van der Waals surface area contributed by atoms with Crippen molar-refractivity contribution < 1.29 is 18.7 Å². The molecule has 0 spiro atoms. The zero-order valence-corrected chi connectivity index (χ0v) is 17.2. The molecule has 0 saturated heterocycles. The molecule has 1 aromatic heterocycles. The van der Waals surface area contributed by atoms with E-state index in [0.29, 0.717) is 41.1 Å². The number of rotatable bonds is 7. The average Bonchev–Trinajstić information content (AvgIpc) is 3.18. The summed E-state index contributed by atoms with van der Waals surface area (Å²) in [6.07, 6.45) is 2.13. The second kappa shape index (κ2) is 9.34. The molecule has 0 unspecified atom stereocenters. The largest absolute Gasteiger partial charge is 0.495 e. The Balaban J connectivity index is 1.55. The third-order valence-electron chi connectivity index (χ3n) is 4.24. The van der Waals surface area contributed by atoms with Gasteiger partial charge in [-0.1, -0.05) is 29.3 Å². The molecule has 152 valence electrons. The molecule has 2 aromatic carbocycles. The lowest BCUT2D eigenvalue weighted by Crippen LogP contribution is -2.30. The van der Waals surface area contributed by atoms with Gasteiger partial charge in [-0.15, -0.1) is 0 Å². The second-order valence-electron chi connectivity index (χ2n) is 6.33. The van der Waals surface area contributed by atoms with Gasteiger partial charge in [-0.3, -0.25) is 0 Å². The molecule has 3 rings (SSSR count). The van der Waals surface area contributed by atoms with E-state index in [2.05, 4.69) is 15.6 Å². The van der Waals surface area contributed by atoms with Gasteiger partial charge in [-0.2, -0.15) is 0 Å². The number of ether oxygens (including phenoxy) is 2. The third-order valence-corrected chi connectivity index (χ3v) is 4.53. The van der Waals surface area contributed by atoms with Crippen LogP contribution in [0.15, 0.2) is 47.1 Å². The highest BCUT2D eigenvalue weighted by Crippen LogP contribution is 2.35. The molecule has 1 heterocycles. The Morgan fingerprint density at radius 3 is 2.55 bits per heavy atom. The van der Waals surface area contributed by atoms with Crippen molar-refractivity contribution in [2.75, 3.05) is 26.1 Å². The molecule has 7 nitrogen and oxygen atoms in total. The molecule has 0 fully saturated rings. The summed E-state index contributed by atoms with van der Waals surface area (Å²) in [5, 5.41) is 5.90. The maximum absolute atomic E-state index is 12.2. The SMILES string of the molecule is COc1cc(NC(=O)NCCc2coc(-c3ccc(C)cc3)n2)c(OC)cc1Cl. The molecular weight excluding hydrogens is 394 g/mol. The lowest BCUT2D eigenvalue weighted by molar-refractivity contribution is 0.252.